The van der Waals surface area contributed by atoms with E-state index in [0.717, 1.165) is 39.6 Å². The number of hydrogen-bond acceptors (Lipinski definition) is 7. The second-order valence-electron chi connectivity index (χ2n) is 7.95. The number of piperidine rings is 1. The average molecular weight is 442 g/mol. The third-order valence-electron chi connectivity index (χ3n) is 5.74. The molecule has 0 atom stereocenters. The highest BCUT2D eigenvalue weighted by Crippen LogP contribution is 2.32. The van der Waals surface area contributed by atoms with Gasteiger partial charge in [0.15, 0.2) is 10.9 Å². The quantitative estimate of drug-likeness (QED) is 0.523. The van der Waals surface area contributed by atoms with Crippen LogP contribution in [0.15, 0.2) is 30.5 Å². The number of thiazole rings is 1. The summed E-state index contributed by atoms with van der Waals surface area (Å²) in [5.74, 6) is 0.0911. The van der Waals surface area contributed by atoms with E-state index in [0.29, 0.717) is 38.2 Å². The van der Waals surface area contributed by atoms with Crippen LogP contribution in [-0.4, -0.2) is 64.8 Å². The highest BCUT2D eigenvalue weighted by atomic mass is 32.1. The summed E-state index contributed by atoms with van der Waals surface area (Å²) in [6.45, 7) is 7.76. The second-order valence-corrected chi connectivity index (χ2v) is 8.96. The van der Waals surface area contributed by atoms with E-state index in [1.54, 1.807) is 11.3 Å². The van der Waals surface area contributed by atoms with Gasteiger partial charge in [-0.2, -0.15) is 10.2 Å². The van der Waals surface area contributed by atoms with Crippen molar-refractivity contribution in [2.45, 2.75) is 39.3 Å². The van der Waals surface area contributed by atoms with Crippen LogP contribution in [0.4, 0.5) is 9.52 Å². The number of halogens is 1. The summed E-state index contributed by atoms with van der Waals surface area (Å²) >= 11 is 1.68. The molecule has 0 N–H and O–H groups in total. The van der Waals surface area contributed by atoms with E-state index in [1.807, 2.05) is 29.3 Å². The SMILES string of the molecule is CCN(CC)c1ncc(-c2ccc3nnc(CC(=O)CN4CCC(F)CC4)cc3c2)s1. The van der Waals surface area contributed by atoms with E-state index in [9.17, 15) is 9.18 Å². The first kappa shape index (κ1) is 21.8. The molecule has 1 saturated heterocycles. The van der Waals surface area contributed by atoms with Crippen molar-refractivity contribution in [2.24, 2.45) is 0 Å². The topological polar surface area (TPSA) is 62.2 Å². The normalized spacial score (nSPS) is 15.5. The summed E-state index contributed by atoms with van der Waals surface area (Å²) in [5.41, 5.74) is 2.56. The summed E-state index contributed by atoms with van der Waals surface area (Å²) in [7, 11) is 0. The minimum Gasteiger partial charge on any atom is -0.349 e. The molecule has 0 bridgehead atoms. The Morgan fingerprint density at radius 1 is 1.19 bits per heavy atom. The second kappa shape index (κ2) is 9.78. The van der Waals surface area contributed by atoms with Crippen LogP contribution in [0.2, 0.25) is 0 Å². The lowest BCUT2D eigenvalue weighted by Crippen LogP contribution is -2.38. The monoisotopic (exact) mass is 441 g/mol. The number of carbonyl (C=O) groups is 1. The molecule has 1 aliphatic heterocycles. The Bertz CT molecular complexity index is 1040. The molecule has 3 heterocycles. The fourth-order valence-electron chi connectivity index (χ4n) is 3.93. The van der Waals surface area contributed by atoms with E-state index in [-0.39, 0.29) is 12.2 Å². The Hall–Kier alpha value is -2.45. The van der Waals surface area contributed by atoms with E-state index in [2.05, 4.69) is 40.0 Å². The maximum Gasteiger partial charge on any atom is 0.185 e. The van der Waals surface area contributed by atoms with Crippen molar-refractivity contribution < 1.29 is 9.18 Å². The van der Waals surface area contributed by atoms with Crippen LogP contribution in [0, 0.1) is 0 Å². The lowest BCUT2D eigenvalue weighted by molar-refractivity contribution is -0.120. The molecule has 6 nitrogen and oxygen atoms in total. The van der Waals surface area contributed by atoms with Crippen molar-refractivity contribution in [1.29, 1.82) is 0 Å². The molecule has 8 heteroatoms. The predicted octanol–water partition coefficient (Wildman–Crippen LogP) is 4.15. The molecule has 1 fully saturated rings. The zero-order chi connectivity index (χ0) is 21.8. The van der Waals surface area contributed by atoms with Crippen molar-refractivity contribution in [3.05, 3.63) is 36.2 Å². The van der Waals surface area contributed by atoms with Gasteiger partial charge in [0.25, 0.3) is 0 Å². The Labute approximate surface area is 186 Å². The van der Waals surface area contributed by atoms with Gasteiger partial charge in [0, 0.05) is 37.8 Å². The van der Waals surface area contributed by atoms with E-state index < -0.39 is 6.17 Å². The third-order valence-corrected chi connectivity index (χ3v) is 6.85. The molecule has 1 aliphatic rings. The molecular weight excluding hydrogens is 413 g/mol. The molecule has 3 aromatic rings. The smallest absolute Gasteiger partial charge is 0.185 e. The number of aromatic nitrogens is 3. The number of Topliss-reactive ketones (excluding diaryl/α,β-unsaturated/α-hetero) is 1. The molecule has 0 spiro atoms. The molecule has 2 aromatic heterocycles. The van der Waals surface area contributed by atoms with E-state index in [4.69, 9.17) is 0 Å². The Balaban J connectivity index is 1.48. The van der Waals surface area contributed by atoms with Crippen LogP contribution in [0.25, 0.3) is 21.3 Å². The molecular formula is C23H28FN5OS. The van der Waals surface area contributed by atoms with Crippen molar-refractivity contribution in [1.82, 2.24) is 20.1 Å². The number of alkyl halides is 1. The summed E-state index contributed by atoms with van der Waals surface area (Å²) in [4.78, 5) is 22.4. The highest BCUT2D eigenvalue weighted by molar-refractivity contribution is 7.18. The van der Waals surface area contributed by atoms with Crippen molar-refractivity contribution in [3.63, 3.8) is 0 Å². The molecule has 4 rings (SSSR count). The number of carbonyl (C=O) groups excluding carboxylic acids is 1. The van der Waals surface area contributed by atoms with Crippen LogP contribution in [0.3, 0.4) is 0 Å². The Morgan fingerprint density at radius 3 is 2.71 bits per heavy atom. The number of anilines is 1. The van der Waals surface area contributed by atoms with Gasteiger partial charge >= 0.3 is 0 Å². The number of rotatable bonds is 8. The molecule has 1 aromatic carbocycles. The minimum absolute atomic E-state index is 0.0911. The third kappa shape index (κ3) is 5.25. The van der Waals surface area contributed by atoms with Crippen LogP contribution in [0.1, 0.15) is 32.4 Å². The number of benzene rings is 1. The first-order valence-corrected chi connectivity index (χ1v) is 11.7. The van der Waals surface area contributed by atoms with Gasteiger partial charge in [-0.05, 0) is 50.5 Å². The minimum atomic E-state index is -0.728. The van der Waals surface area contributed by atoms with Gasteiger partial charge in [-0.1, -0.05) is 17.4 Å². The van der Waals surface area contributed by atoms with Gasteiger partial charge in [0.1, 0.15) is 6.17 Å². The lowest BCUT2D eigenvalue weighted by atomic mass is 10.1. The van der Waals surface area contributed by atoms with E-state index >= 15 is 0 Å². The van der Waals surface area contributed by atoms with Crippen molar-refractivity contribution in [3.8, 4) is 10.4 Å². The standard InChI is InChI=1S/C23H28FN5OS/c1-3-29(4-2)23-25-14-22(31-23)16-5-6-21-17(11-16)12-19(26-27-21)13-20(30)15-28-9-7-18(24)8-10-28/h5-6,11-12,14,18H,3-4,7-10,13,15H2,1-2H3. The summed E-state index contributed by atoms with van der Waals surface area (Å²) in [5, 5.41) is 10.5. The first-order chi connectivity index (χ1) is 15.1. The lowest BCUT2D eigenvalue weighted by Gasteiger charge is -2.27. The number of fused-ring (bicyclic) bond motifs is 1. The van der Waals surface area contributed by atoms with Gasteiger partial charge in [0.2, 0.25) is 0 Å². The summed E-state index contributed by atoms with van der Waals surface area (Å²) in [6.07, 6.45) is 2.46. The van der Waals surface area contributed by atoms with Gasteiger partial charge in [-0.15, -0.1) is 0 Å². The molecule has 0 unspecified atom stereocenters. The maximum atomic E-state index is 13.3. The Morgan fingerprint density at radius 2 is 1.97 bits per heavy atom. The molecule has 0 aliphatic carbocycles. The summed E-state index contributed by atoms with van der Waals surface area (Å²) in [6, 6.07) is 8.03. The summed E-state index contributed by atoms with van der Waals surface area (Å²) < 4.78 is 13.3. The van der Waals surface area contributed by atoms with Gasteiger partial charge in [-0.25, -0.2) is 9.37 Å². The zero-order valence-electron chi connectivity index (χ0n) is 18.1. The van der Waals surface area contributed by atoms with Crippen molar-refractivity contribution in [2.75, 3.05) is 37.6 Å². The molecule has 31 heavy (non-hydrogen) atoms. The van der Waals surface area contributed by atoms with Gasteiger partial charge < -0.3 is 4.90 Å². The number of ketones is 1. The largest absolute Gasteiger partial charge is 0.349 e. The predicted molar refractivity (Wildman–Crippen MR) is 123 cm³/mol. The Kier molecular flexibility index (Phi) is 6.87. The average Bonchev–Trinajstić information content (AvgIpc) is 3.26. The van der Waals surface area contributed by atoms with Crippen molar-refractivity contribution >= 4 is 33.2 Å². The maximum absolute atomic E-state index is 13.3. The fourth-order valence-corrected chi connectivity index (χ4v) is 4.97. The number of likely N-dealkylation sites (tertiary alicyclic amines) is 1. The molecule has 164 valence electrons. The van der Waals surface area contributed by atoms with Gasteiger partial charge in [-0.3, -0.25) is 9.69 Å². The first-order valence-electron chi connectivity index (χ1n) is 10.9. The van der Waals surface area contributed by atoms with Gasteiger partial charge in [0.05, 0.1) is 29.1 Å². The molecule has 0 amide bonds. The molecule has 0 radical (unpaired) electrons. The van der Waals surface area contributed by atoms with Crippen LogP contribution >= 0.6 is 11.3 Å². The fraction of sp³-hybridized carbons (Fsp3) is 0.478. The van der Waals surface area contributed by atoms with Crippen LogP contribution < -0.4 is 4.90 Å². The molecule has 0 saturated carbocycles. The highest BCUT2D eigenvalue weighted by Gasteiger charge is 2.20. The van der Waals surface area contributed by atoms with E-state index in [1.165, 1.54) is 0 Å². The number of hydrogen-bond donors (Lipinski definition) is 0. The van der Waals surface area contributed by atoms with Crippen LogP contribution in [-0.2, 0) is 11.2 Å². The zero-order valence-corrected chi connectivity index (χ0v) is 18.9. The number of nitrogens with zero attached hydrogens (tertiary/aromatic N) is 5. The van der Waals surface area contributed by atoms with Crippen LogP contribution in [0.5, 0.6) is 0 Å².